The van der Waals surface area contributed by atoms with Crippen LogP contribution in [0.1, 0.15) is 61.3 Å². The Labute approximate surface area is 213 Å². The smallest absolute Gasteiger partial charge is 0.253 e. The van der Waals surface area contributed by atoms with Gasteiger partial charge in [-0.3, -0.25) is 9.69 Å². The third kappa shape index (κ3) is 4.89. The number of furan rings is 1. The van der Waals surface area contributed by atoms with Gasteiger partial charge in [-0.05, 0) is 90.3 Å². The molecule has 5 aromatic rings. The highest BCUT2D eigenvalue weighted by molar-refractivity contribution is 7.09. The van der Waals surface area contributed by atoms with E-state index in [-0.39, 0.29) is 11.1 Å². The van der Waals surface area contributed by atoms with Gasteiger partial charge in [-0.1, -0.05) is 19.1 Å². The van der Waals surface area contributed by atoms with Crippen LogP contribution in [0.15, 0.2) is 69.4 Å². The van der Waals surface area contributed by atoms with Gasteiger partial charge in [0.25, 0.3) is 5.56 Å². The van der Waals surface area contributed by atoms with Gasteiger partial charge in [0.1, 0.15) is 11.8 Å². The maximum atomic E-state index is 13.6. The summed E-state index contributed by atoms with van der Waals surface area (Å²) in [6.45, 7) is 9.38. The number of tetrazole rings is 1. The number of benzene rings is 1. The summed E-state index contributed by atoms with van der Waals surface area (Å²) in [6.07, 6.45) is 2.58. The first kappa shape index (κ1) is 24.1. The van der Waals surface area contributed by atoms with Crippen molar-refractivity contribution < 1.29 is 4.42 Å². The molecule has 4 heterocycles. The van der Waals surface area contributed by atoms with E-state index in [9.17, 15) is 4.79 Å². The summed E-state index contributed by atoms with van der Waals surface area (Å²) in [7, 11) is 0. The lowest BCUT2D eigenvalue weighted by atomic mass is 10.0. The molecular weight excluding hydrogens is 472 g/mol. The standard InChI is InChI=1S/C27H30N6O2S/c1-5-18-10-11-23-19(14-18)15-22(26(34)28-23)24(25-29-30-31-33(25)27(2,3)4)32(16-20-8-6-12-35-20)17-21-9-7-13-36-21/h6-15,24H,5,16-17H2,1-4H3,(H,28,34)/t24-/m0/s1. The number of nitrogens with one attached hydrogen (secondary N) is 1. The molecular formula is C27H30N6O2S. The fraction of sp³-hybridized carbons (Fsp3) is 0.333. The highest BCUT2D eigenvalue weighted by atomic mass is 32.1. The fourth-order valence-electron chi connectivity index (χ4n) is 4.48. The van der Waals surface area contributed by atoms with E-state index in [0.29, 0.717) is 24.5 Å². The molecule has 9 heteroatoms. The van der Waals surface area contributed by atoms with Crippen LogP contribution in [-0.2, 0) is 25.0 Å². The molecule has 1 atom stereocenters. The molecule has 186 valence electrons. The van der Waals surface area contributed by atoms with Crippen molar-refractivity contribution in [3.63, 3.8) is 0 Å². The molecule has 4 aromatic heterocycles. The number of aromatic amines is 1. The summed E-state index contributed by atoms with van der Waals surface area (Å²) in [4.78, 5) is 20.1. The molecule has 0 amide bonds. The maximum absolute atomic E-state index is 13.6. The lowest BCUT2D eigenvalue weighted by Gasteiger charge is -2.32. The molecule has 0 saturated heterocycles. The number of H-pyrrole nitrogens is 1. The minimum atomic E-state index is -0.509. The minimum absolute atomic E-state index is 0.157. The van der Waals surface area contributed by atoms with Gasteiger partial charge in [0.2, 0.25) is 0 Å². The van der Waals surface area contributed by atoms with E-state index in [1.165, 1.54) is 10.4 Å². The number of nitrogens with zero attached hydrogens (tertiary/aromatic N) is 5. The lowest BCUT2D eigenvalue weighted by Crippen LogP contribution is -2.37. The summed E-state index contributed by atoms with van der Waals surface area (Å²) in [5.41, 5.74) is 2.08. The normalized spacial score (nSPS) is 13.0. The van der Waals surface area contributed by atoms with Crippen molar-refractivity contribution >= 4 is 22.2 Å². The third-order valence-electron chi connectivity index (χ3n) is 6.26. The molecule has 36 heavy (non-hydrogen) atoms. The van der Waals surface area contributed by atoms with Crippen molar-refractivity contribution in [3.05, 3.63) is 98.1 Å². The Morgan fingerprint density at radius 2 is 2.00 bits per heavy atom. The number of thiophene rings is 1. The number of aromatic nitrogens is 5. The Bertz CT molecular complexity index is 1460. The number of pyridine rings is 1. The van der Waals surface area contributed by atoms with Gasteiger partial charge >= 0.3 is 0 Å². The summed E-state index contributed by atoms with van der Waals surface area (Å²) in [6, 6.07) is 15.6. The summed E-state index contributed by atoms with van der Waals surface area (Å²) in [5.74, 6) is 1.42. The van der Waals surface area contributed by atoms with Gasteiger partial charge in [0.15, 0.2) is 5.82 Å². The van der Waals surface area contributed by atoms with E-state index >= 15 is 0 Å². The van der Waals surface area contributed by atoms with Crippen LogP contribution in [0.4, 0.5) is 0 Å². The van der Waals surface area contributed by atoms with Gasteiger partial charge in [-0.25, -0.2) is 4.68 Å². The molecule has 5 rings (SSSR count). The molecule has 0 saturated carbocycles. The Balaban J connectivity index is 1.73. The van der Waals surface area contributed by atoms with Gasteiger partial charge in [-0.15, -0.1) is 16.4 Å². The van der Waals surface area contributed by atoms with Crippen molar-refractivity contribution in [2.75, 3.05) is 0 Å². The van der Waals surface area contributed by atoms with E-state index in [4.69, 9.17) is 4.42 Å². The van der Waals surface area contributed by atoms with E-state index in [1.807, 2.05) is 35.0 Å². The van der Waals surface area contributed by atoms with Crippen LogP contribution >= 0.6 is 11.3 Å². The van der Waals surface area contributed by atoms with Crippen LogP contribution < -0.4 is 5.56 Å². The number of hydrogen-bond acceptors (Lipinski definition) is 7. The molecule has 0 fully saturated rings. The molecule has 0 aliphatic rings. The zero-order valence-corrected chi connectivity index (χ0v) is 21.7. The summed E-state index contributed by atoms with van der Waals surface area (Å²) >= 11 is 1.68. The molecule has 1 aromatic carbocycles. The monoisotopic (exact) mass is 502 g/mol. The molecule has 0 spiro atoms. The molecule has 1 N–H and O–H groups in total. The van der Waals surface area contributed by atoms with Crippen LogP contribution in [0.25, 0.3) is 10.9 Å². The third-order valence-corrected chi connectivity index (χ3v) is 7.12. The molecule has 0 aliphatic heterocycles. The first-order chi connectivity index (χ1) is 17.3. The van der Waals surface area contributed by atoms with Crippen molar-refractivity contribution in [1.29, 1.82) is 0 Å². The van der Waals surface area contributed by atoms with Gasteiger partial charge in [0.05, 0.1) is 18.3 Å². The highest BCUT2D eigenvalue weighted by Crippen LogP contribution is 2.32. The molecule has 0 radical (unpaired) electrons. The second-order valence-electron chi connectivity index (χ2n) is 9.91. The Kier molecular flexibility index (Phi) is 6.59. The second kappa shape index (κ2) is 9.83. The number of hydrogen-bond donors (Lipinski definition) is 1. The molecule has 0 aliphatic carbocycles. The SMILES string of the molecule is CCc1ccc2[nH]c(=O)c([C@@H](c3nnnn3C(C)(C)C)N(Cc3ccco3)Cc3cccs3)cc2c1. The van der Waals surface area contributed by atoms with E-state index in [2.05, 4.69) is 76.7 Å². The average Bonchev–Trinajstić information content (AvgIpc) is 3.62. The van der Waals surface area contributed by atoms with Crippen molar-refractivity contribution in [3.8, 4) is 0 Å². The lowest BCUT2D eigenvalue weighted by molar-refractivity contribution is 0.173. The van der Waals surface area contributed by atoms with Crippen LogP contribution in [0.3, 0.4) is 0 Å². The zero-order chi connectivity index (χ0) is 25.3. The Morgan fingerprint density at radius 1 is 1.14 bits per heavy atom. The predicted molar refractivity (Wildman–Crippen MR) is 141 cm³/mol. The molecule has 0 unspecified atom stereocenters. The van der Waals surface area contributed by atoms with Crippen molar-refractivity contribution in [2.24, 2.45) is 0 Å². The van der Waals surface area contributed by atoms with E-state index in [0.717, 1.165) is 23.1 Å². The van der Waals surface area contributed by atoms with E-state index in [1.54, 1.807) is 17.6 Å². The summed E-state index contributed by atoms with van der Waals surface area (Å²) < 4.78 is 7.55. The maximum Gasteiger partial charge on any atom is 0.253 e. The topological polar surface area (TPSA) is 92.8 Å². The number of fused-ring (bicyclic) bond motifs is 1. The van der Waals surface area contributed by atoms with Gasteiger partial charge in [0, 0.05) is 22.5 Å². The second-order valence-corrected chi connectivity index (χ2v) is 10.9. The molecule has 8 nitrogen and oxygen atoms in total. The van der Waals surface area contributed by atoms with Crippen LogP contribution in [0, 0.1) is 0 Å². The Hall–Kier alpha value is -3.56. The average molecular weight is 503 g/mol. The number of rotatable bonds is 8. The van der Waals surface area contributed by atoms with Gasteiger partial charge < -0.3 is 9.40 Å². The van der Waals surface area contributed by atoms with Crippen molar-refractivity contribution in [2.45, 2.75) is 58.8 Å². The molecule has 0 bridgehead atoms. The largest absolute Gasteiger partial charge is 0.468 e. The van der Waals surface area contributed by atoms with E-state index < -0.39 is 6.04 Å². The van der Waals surface area contributed by atoms with Crippen LogP contribution in [0.5, 0.6) is 0 Å². The number of aryl methyl sites for hydroxylation is 1. The first-order valence-corrected chi connectivity index (χ1v) is 12.9. The van der Waals surface area contributed by atoms with Gasteiger partial charge in [-0.2, -0.15) is 0 Å². The fourth-order valence-corrected chi connectivity index (χ4v) is 5.21. The van der Waals surface area contributed by atoms with Crippen LogP contribution in [0.2, 0.25) is 0 Å². The highest BCUT2D eigenvalue weighted by Gasteiger charge is 2.34. The zero-order valence-electron chi connectivity index (χ0n) is 20.9. The first-order valence-electron chi connectivity index (χ1n) is 12.1. The van der Waals surface area contributed by atoms with Crippen LogP contribution in [-0.4, -0.2) is 30.1 Å². The predicted octanol–water partition coefficient (Wildman–Crippen LogP) is 5.28. The van der Waals surface area contributed by atoms with Crippen molar-refractivity contribution in [1.82, 2.24) is 30.1 Å². The Morgan fingerprint density at radius 3 is 2.69 bits per heavy atom. The quantitative estimate of drug-likeness (QED) is 0.310. The summed E-state index contributed by atoms with van der Waals surface area (Å²) in [5, 5.41) is 15.9. The minimum Gasteiger partial charge on any atom is -0.468 e.